The number of halogens is 8. The molecule has 0 bridgehead atoms. The summed E-state index contributed by atoms with van der Waals surface area (Å²) in [5.41, 5.74) is -0.949. The molecular formula is C42H40ClF7N10O2. The molecular weight excluding hydrogens is 845 g/mol. The van der Waals surface area contributed by atoms with E-state index in [1.165, 1.54) is 36.8 Å². The van der Waals surface area contributed by atoms with E-state index >= 15 is 0 Å². The maximum absolute atomic E-state index is 14.4. The lowest BCUT2D eigenvalue weighted by molar-refractivity contribution is -0.138. The van der Waals surface area contributed by atoms with Gasteiger partial charge < -0.3 is 25.4 Å². The molecule has 4 aromatic heterocycles. The second-order valence-electron chi connectivity index (χ2n) is 15.5. The fourth-order valence-corrected chi connectivity index (χ4v) is 8.52. The number of nitrogens with one attached hydrogen (secondary N) is 2. The molecule has 0 saturated carbocycles. The number of aromatic nitrogens is 6. The van der Waals surface area contributed by atoms with Gasteiger partial charge in [0, 0.05) is 88.2 Å². The lowest BCUT2D eigenvalue weighted by atomic mass is 9.98. The molecule has 0 aliphatic carbocycles. The van der Waals surface area contributed by atoms with Gasteiger partial charge in [-0.1, -0.05) is 17.7 Å². The van der Waals surface area contributed by atoms with E-state index in [1.807, 2.05) is 7.05 Å². The Hall–Kier alpha value is -5.50. The summed E-state index contributed by atoms with van der Waals surface area (Å²) in [4.78, 5) is 13.0. The summed E-state index contributed by atoms with van der Waals surface area (Å²) in [6.07, 6.45) is -1.12. The van der Waals surface area contributed by atoms with Crippen molar-refractivity contribution in [3.05, 3.63) is 89.0 Å². The van der Waals surface area contributed by atoms with Gasteiger partial charge in [0.25, 0.3) is 6.43 Å². The van der Waals surface area contributed by atoms with Crippen molar-refractivity contribution in [2.45, 2.75) is 63.1 Å². The third kappa shape index (κ3) is 9.30. The summed E-state index contributed by atoms with van der Waals surface area (Å²) < 4.78 is 100. The summed E-state index contributed by atoms with van der Waals surface area (Å²) in [5.74, 6) is -0.00428. The van der Waals surface area contributed by atoms with E-state index in [9.17, 15) is 35.8 Å². The van der Waals surface area contributed by atoms with Crippen LogP contribution in [0, 0.1) is 0 Å². The standard InChI is InChI=1S/C42H40ClF7N10O2/c1-59-14-2-4-24(19-59)54-40-34-29(35(55-58-40)26-9-7-23(43)17-30(26)38(44)45)11-13-52-37(34)32(61)21-60-15-3-5-25(20-60)53-39-27-10-12-51-18-31(27)36(56-57-39)28-8-6-22(42(48,49)50)16-33(28)62-41(46)47/h6-13,16-18,24-25,32,38,41,61H,2-5,14-15,19-21H2,1H3,(H,53,57)(H,54,58)/t24-,25-,32?/m1/s1. The number of rotatable bonds is 12. The van der Waals surface area contributed by atoms with Crippen molar-refractivity contribution >= 4 is 44.8 Å². The SMILES string of the molecule is CN1CCC[C@@H](Nc2nnc(-c3ccc(Cl)cc3C(F)F)c3ccnc(C(O)CN4CCC[C@@H](Nc5nnc(-c6ccc(C(F)(F)F)cc6OC(F)F)c6cnccc56)C4)c23)C1. The second-order valence-corrected chi connectivity index (χ2v) is 15.9. The van der Waals surface area contributed by atoms with E-state index in [0.717, 1.165) is 44.5 Å². The molecule has 6 aromatic rings. The van der Waals surface area contributed by atoms with Gasteiger partial charge in [0.15, 0.2) is 11.6 Å². The highest BCUT2D eigenvalue weighted by molar-refractivity contribution is 6.30. The molecule has 3 N–H and O–H groups in total. The van der Waals surface area contributed by atoms with Crippen molar-refractivity contribution in [1.29, 1.82) is 0 Å². The molecule has 0 amide bonds. The summed E-state index contributed by atoms with van der Waals surface area (Å²) in [6, 6.07) is 9.57. The number of pyridine rings is 2. The van der Waals surface area contributed by atoms with Crippen LogP contribution < -0.4 is 15.4 Å². The second kappa shape index (κ2) is 18.1. The number of nitrogens with zero attached hydrogens (tertiary/aromatic N) is 8. The molecule has 0 radical (unpaired) electrons. The Morgan fingerprint density at radius 3 is 2.26 bits per heavy atom. The summed E-state index contributed by atoms with van der Waals surface area (Å²) in [6.45, 7) is -0.502. The number of hydrogen-bond donors (Lipinski definition) is 3. The van der Waals surface area contributed by atoms with Crippen LogP contribution in [0.3, 0.4) is 0 Å². The molecule has 2 aromatic carbocycles. The Balaban J connectivity index is 1.07. The number of hydrogen-bond acceptors (Lipinski definition) is 12. The predicted molar refractivity (Wildman–Crippen MR) is 219 cm³/mol. The van der Waals surface area contributed by atoms with Crippen LogP contribution in [0.4, 0.5) is 42.4 Å². The van der Waals surface area contributed by atoms with Crippen LogP contribution in [0.15, 0.2) is 67.1 Å². The topological polar surface area (TPSA) is 137 Å². The number of piperidine rings is 2. The highest BCUT2D eigenvalue weighted by Gasteiger charge is 2.33. The molecule has 12 nitrogen and oxygen atoms in total. The van der Waals surface area contributed by atoms with Gasteiger partial charge in [0.2, 0.25) is 0 Å². The minimum atomic E-state index is -4.80. The van der Waals surface area contributed by atoms with Gasteiger partial charge in [0.05, 0.1) is 16.6 Å². The molecule has 8 rings (SSSR count). The normalized spacial score (nSPS) is 18.5. The Bertz CT molecular complexity index is 2570. The quantitative estimate of drug-likeness (QED) is 0.101. The molecule has 1 unspecified atom stereocenters. The minimum Gasteiger partial charge on any atom is -0.434 e. The van der Waals surface area contributed by atoms with Crippen LogP contribution in [-0.4, -0.2) is 104 Å². The van der Waals surface area contributed by atoms with E-state index in [4.69, 9.17) is 11.6 Å². The van der Waals surface area contributed by atoms with Crippen molar-refractivity contribution < 1.29 is 40.6 Å². The van der Waals surface area contributed by atoms with Crippen LogP contribution in [0.25, 0.3) is 44.1 Å². The van der Waals surface area contributed by atoms with E-state index in [0.29, 0.717) is 64.5 Å². The van der Waals surface area contributed by atoms with E-state index in [2.05, 4.69) is 55.5 Å². The van der Waals surface area contributed by atoms with Crippen molar-refractivity contribution in [1.82, 2.24) is 40.2 Å². The van der Waals surface area contributed by atoms with Crippen molar-refractivity contribution in [3.8, 4) is 28.3 Å². The zero-order chi connectivity index (χ0) is 43.7. The first kappa shape index (κ1) is 43.2. The van der Waals surface area contributed by atoms with Gasteiger partial charge in [0.1, 0.15) is 23.2 Å². The summed E-state index contributed by atoms with van der Waals surface area (Å²) in [7, 11) is 2.03. The highest BCUT2D eigenvalue weighted by atomic mass is 35.5. The van der Waals surface area contributed by atoms with Crippen LogP contribution in [0.2, 0.25) is 5.02 Å². The zero-order valence-electron chi connectivity index (χ0n) is 33.1. The smallest absolute Gasteiger partial charge is 0.416 e. The summed E-state index contributed by atoms with van der Waals surface area (Å²) >= 11 is 6.12. The molecule has 20 heteroatoms. The van der Waals surface area contributed by atoms with Crippen molar-refractivity contribution in [3.63, 3.8) is 0 Å². The number of fused-ring (bicyclic) bond motifs is 2. The first-order valence-corrected chi connectivity index (χ1v) is 20.2. The van der Waals surface area contributed by atoms with Crippen molar-refractivity contribution in [2.24, 2.45) is 0 Å². The molecule has 2 aliphatic heterocycles. The van der Waals surface area contributed by atoms with E-state index in [1.54, 1.807) is 12.1 Å². The number of benzene rings is 2. The molecule has 62 heavy (non-hydrogen) atoms. The maximum Gasteiger partial charge on any atom is 0.416 e. The number of anilines is 2. The number of aliphatic hydroxyl groups is 1. The van der Waals surface area contributed by atoms with E-state index in [-0.39, 0.29) is 51.7 Å². The summed E-state index contributed by atoms with van der Waals surface area (Å²) in [5, 5.41) is 38.4. The largest absolute Gasteiger partial charge is 0.434 e. The van der Waals surface area contributed by atoms with Gasteiger partial charge in [-0.3, -0.25) is 14.9 Å². The lowest BCUT2D eigenvalue weighted by Crippen LogP contribution is -2.44. The van der Waals surface area contributed by atoms with Crippen molar-refractivity contribution in [2.75, 3.05) is 50.4 Å². The van der Waals surface area contributed by atoms with Gasteiger partial charge in [-0.05, 0) is 88.3 Å². The number of likely N-dealkylation sites (tertiary alicyclic amines) is 2. The fraction of sp³-hybridized carbons (Fsp3) is 0.381. The number of aliphatic hydroxyl groups excluding tert-OH is 1. The number of likely N-dealkylation sites (N-methyl/N-ethyl adjacent to an activating group) is 1. The van der Waals surface area contributed by atoms with Crippen LogP contribution in [0.5, 0.6) is 5.75 Å². The maximum atomic E-state index is 14.4. The Morgan fingerprint density at radius 1 is 0.823 bits per heavy atom. The van der Waals surface area contributed by atoms with Gasteiger partial charge in [-0.2, -0.15) is 22.0 Å². The molecule has 6 heterocycles. The lowest BCUT2D eigenvalue weighted by Gasteiger charge is -2.34. The Morgan fingerprint density at radius 2 is 1.52 bits per heavy atom. The molecule has 0 spiro atoms. The molecule has 2 aliphatic rings. The van der Waals surface area contributed by atoms with Gasteiger partial charge >= 0.3 is 12.8 Å². The number of ether oxygens (including phenoxy) is 1. The molecule has 2 fully saturated rings. The minimum absolute atomic E-state index is 0.00212. The highest BCUT2D eigenvalue weighted by Crippen LogP contribution is 2.41. The van der Waals surface area contributed by atoms with E-state index < -0.39 is 36.6 Å². The van der Waals surface area contributed by atoms with Crippen LogP contribution in [-0.2, 0) is 6.18 Å². The van der Waals surface area contributed by atoms with Crippen LogP contribution >= 0.6 is 11.6 Å². The number of β-amino-alcohol motifs (C(OH)–C–C–N with tert-alkyl or cyclic N) is 1. The monoisotopic (exact) mass is 884 g/mol. The zero-order valence-corrected chi connectivity index (χ0v) is 33.8. The first-order chi connectivity index (χ1) is 29.7. The Labute approximate surface area is 355 Å². The van der Waals surface area contributed by atoms with Gasteiger partial charge in [-0.15, -0.1) is 20.4 Å². The predicted octanol–water partition coefficient (Wildman–Crippen LogP) is 9.02. The first-order valence-electron chi connectivity index (χ1n) is 19.9. The van der Waals surface area contributed by atoms with Gasteiger partial charge in [-0.25, -0.2) is 8.78 Å². The third-order valence-corrected chi connectivity index (χ3v) is 11.4. The molecule has 326 valence electrons. The Kier molecular flexibility index (Phi) is 12.6. The fourth-order valence-electron chi connectivity index (χ4n) is 8.34. The molecule has 3 atom stereocenters. The number of alkyl halides is 7. The van der Waals surface area contributed by atoms with Crippen LogP contribution in [0.1, 0.15) is 55.0 Å². The molecule has 2 saturated heterocycles. The third-order valence-electron chi connectivity index (χ3n) is 11.1. The average molecular weight is 885 g/mol. The average Bonchev–Trinajstić information content (AvgIpc) is 3.23.